The van der Waals surface area contributed by atoms with Gasteiger partial charge in [0.15, 0.2) is 6.79 Å². The first-order valence-electron chi connectivity index (χ1n) is 10.7. The molecule has 0 heterocycles. The van der Waals surface area contributed by atoms with E-state index >= 15 is 0 Å². The van der Waals surface area contributed by atoms with Crippen LogP contribution in [0.3, 0.4) is 0 Å². The van der Waals surface area contributed by atoms with Crippen LogP contribution in [0.4, 0.5) is 22.0 Å². The molecule has 0 saturated heterocycles. The summed E-state index contributed by atoms with van der Waals surface area (Å²) < 4.78 is 82.7. The largest absolute Gasteiger partial charge is 0.438 e. The highest BCUT2D eigenvalue weighted by molar-refractivity contribution is 5.74. The van der Waals surface area contributed by atoms with Crippen molar-refractivity contribution in [3.8, 4) is 0 Å². The predicted octanol–water partition coefficient (Wildman–Crippen LogP) is 5.37. The third-order valence-corrected chi connectivity index (χ3v) is 8.10. The summed E-state index contributed by atoms with van der Waals surface area (Å²) in [6, 6.07) is 0. The average Bonchev–Trinajstić information content (AvgIpc) is 2.62. The van der Waals surface area contributed by atoms with E-state index in [9.17, 15) is 26.7 Å². The van der Waals surface area contributed by atoms with Crippen LogP contribution in [0.5, 0.6) is 0 Å². The molecule has 0 N–H and O–H groups in total. The Morgan fingerprint density at radius 2 is 1.45 bits per heavy atom. The van der Waals surface area contributed by atoms with E-state index in [2.05, 4.69) is 0 Å². The maximum atomic E-state index is 14.5. The minimum absolute atomic E-state index is 0.0540. The number of halogens is 5. The summed E-state index contributed by atoms with van der Waals surface area (Å²) in [5.41, 5.74) is -4.12. The highest BCUT2D eigenvalue weighted by Gasteiger charge is 2.76. The summed E-state index contributed by atoms with van der Waals surface area (Å²) >= 11 is 0. The second kappa shape index (κ2) is 7.06. The van der Waals surface area contributed by atoms with Crippen LogP contribution >= 0.6 is 0 Å². The van der Waals surface area contributed by atoms with Gasteiger partial charge in [0, 0.05) is 5.92 Å². The molecular weight excluding hydrogens is 395 g/mol. The number of esters is 1. The van der Waals surface area contributed by atoms with E-state index in [0.717, 1.165) is 37.5 Å². The van der Waals surface area contributed by atoms with Crippen LogP contribution in [0.25, 0.3) is 0 Å². The fourth-order valence-corrected chi connectivity index (χ4v) is 6.60. The minimum Gasteiger partial charge on any atom is -0.438 e. The molecule has 3 nitrogen and oxygen atoms in total. The molecule has 0 aromatic rings. The number of hydrogen-bond acceptors (Lipinski definition) is 3. The lowest BCUT2D eigenvalue weighted by molar-refractivity contribution is -0.306. The number of carbonyl (C=O) groups is 1. The van der Waals surface area contributed by atoms with E-state index < -0.39 is 48.5 Å². The second-order valence-electron chi connectivity index (χ2n) is 9.79. The Kier molecular flexibility index (Phi) is 5.19. The smallest absolute Gasteiger partial charge is 0.317 e. The number of hydrogen-bond donors (Lipinski definition) is 0. The van der Waals surface area contributed by atoms with E-state index in [1.807, 2.05) is 0 Å². The van der Waals surface area contributed by atoms with Crippen LogP contribution in [0.2, 0.25) is 0 Å². The number of carbonyl (C=O) groups excluding carboxylic acids is 1. The molecule has 3 unspecified atom stereocenters. The molecule has 5 aliphatic carbocycles. The standard InChI is InChI=1S/C21H29F5O3/c1-3-15-9-16(21(25,26)19(2,22)20(15,23)24)18(27)29-10-28-17-13-5-11-4-12(7-13)8-14(17)6-11/h11-17H,3-10H2,1-2H3. The topological polar surface area (TPSA) is 35.5 Å². The fraction of sp³-hybridized carbons (Fsp3) is 0.952. The zero-order valence-electron chi connectivity index (χ0n) is 16.8. The van der Waals surface area contributed by atoms with Crippen molar-refractivity contribution in [1.29, 1.82) is 0 Å². The van der Waals surface area contributed by atoms with Crippen LogP contribution < -0.4 is 0 Å². The number of ether oxygens (including phenoxy) is 2. The van der Waals surface area contributed by atoms with E-state index in [-0.39, 0.29) is 19.4 Å². The molecule has 0 aromatic carbocycles. The van der Waals surface area contributed by atoms with Crippen molar-refractivity contribution in [2.45, 2.75) is 82.4 Å². The van der Waals surface area contributed by atoms with Gasteiger partial charge in [-0.1, -0.05) is 6.92 Å². The molecule has 5 saturated carbocycles. The summed E-state index contributed by atoms with van der Waals surface area (Å²) in [6.07, 6.45) is 4.53. The summed E-state index contributed by atoms with van der Waals surface area (Å²) in [5.74, 6) is -11.7. The highest BCUT2D eigenvalue weighted by atomic mass is 19.3. The molecule has 3 atom stereocenters. The lowest BCUT2D eigenvalue weighted by atomic mass is 9.55. The summed E-state index contributed by atoms with van der Waals surface area (Å²) in [4.78, 5) is 12.3. The lowest BCUT2D eigenvalue weighted by Gasteiger charge is -2.53. The Bertz CT molecular complexity index is 622. The van der Waals surface area contributed by atoms with Gasteiger partial charge in [-0.2, -0.15) is 0 Å². The van der Waals surface area contributed by atoms with Gasteiger partial charge in [0.1, 0.15) is 5.92 Å². The van der Waals surface area contributed by atoms with Crippen molar-refractivity contribution in [1.82, 2.24) is 0 Å². The number of alkyl halides is 5. The van der Waals surface area contributed by atoms with Crippen molar-refractivity contribution >= 4 is 5.97 Å². The Morgan fingerprint density at radius 3 is 1.97 bits per heavy atom. The number of rotatable bonds is 5. The molecule has 166 valence electrons. The van der Waals surface area contributed by atoms with Gasteiger partial charge in [0.05, 0.1) is 6.10 Å². The summed E-state index contributed by atoms with van der Waals surface area (Å²) in [5, 5.41) is 0. The molecule has 0 spiro atoms. The minimum atomic E-state index is -4.53. The monoisotopic (exact) mass is 424 g/mol. The van der Waals surface area contributed by atoms with Crippen LogP contribution in [-0.4, -0.2) is 36.4 Å². The van der Waals surface area contributed by atoms with Crippen molar-refractivity contribution < 1.29 is 36.2 Å². The molecule has 8 heteroatoms. The van der Waals surface area contributed by atoms with Crippen LogP contribution in [0.15, 0.2) is 0 Å². The Labute approximate surface area is 167 Å². The highest BCUT2D eigenvalue weighted by Crippen LogP contribution is 2.58. The molecule has 5 rings (SSSR count). The molecule has 0 amide bonds. The van der Waals surface area contributed by atoms with Crippen molar-refractivity contribution in [2.75, 3.05) is 6.79 Å². The maximum absolute atomic E-state index is 14.5. The molecular formula is C21H29F5O3. The molecule has 5 fully saturated rings. The first-order valence-corrected chi connectivity index (χ1v) is 10.7. The van der Waals surface area contributed by atoms with Crippen LogP contribution in [0.1, 0.15) is 58.8 Å². The van der Waals surface area contributed by atoms with Crippen LogP contribution in [0, 0.1) is 35.5 Å². The maximum Gasteiger partial charge on any atom is 0.317 e. The van der Waals surface area contributed by atoms with Crippen LogP contribution in [-0.2, 0) is 14.3 Å². The van der Waals surface area contributed by atoms with E-state index in [1.165, 1.54) is 13.3 Å². The van der Waals surface area contributed by atoms with Gasteiger partial charge in [-0.15, -0.1) is 0 Å². The third-order valence-electron chi connectivity index (χ3n) is 8.10. The molecule has 0 radical (unpaired) electrons. The van der Waals surface area contributed by atoms with E-state index in [1.54, 1.807) is 0 Å². The molecule has 4 bridgehead atoms. The van der Waals surface area contributed by atoms with Gasteiger partial charge < -0.3 is 9.47 Å². The molecule has 29 heavy (non-hydrogen) atoms. The van der Waals surface area contributed by atoms with Crippen molar-refractivity contribution in [2.24, 2.45) is 35.5 Å². The zero-order valence-corrected chi connectivity index (χ0v) is 16.8. The quantitative estimate of drug-likeness (QED) is 0.338. The summed E-state index contributed by atoms with van der Waals surface area (Å²) in [6.45, 7) is 1.06. The normalized spacial score (nSPS) is 47.2. The molecule has 5 aliphatic rings. The zero-order chi connectivity index (χ0) is 21.2. The van der Waals surface area contributed by atoms with E-state index in [4.69, 9.17) is 9.47 Å². The van der Waals surface area contributed by atoms with E-state index in [0.29, 0.717) is 11.8 Å². The van der Waals surface area contributed by atoms with Gasteiger partial charge in [-0.05, 0) is 75.5 Å². The summed E-state index contributed by atoms with van der Waals surface area (Å²) in [7, 11) is 0. The second-order valence-corrected chi connectivity index (χ2v) is 9.79. The van der Waals surface area contributed by atoms with Crippen molar-refractivity contribution in [3.05, 3.63) is 0 Å². The fourth-order valence-electron chi connectivity index (χ4n) is 6.60. The molecule has 0 aliphatic heterocycles. The van der Waals surface area contributed by atoms with Gasteiger partial charge in [-0.25, -0.2) is 22.0 Å². The third kappa shape index (κ3) is 3.19. The predicted molar refractivity (Wildman–Crippen MR) is 94.2 cm³/mol. The SMILES string of the molecule is CCC1CC(C(=O)OCOC2C3CC4CC(C3)CC2C4)C(F)(F)C(C)(F)C1(F)F. The lowest BCUT2D eigenvalue weighted by Crippen LogP contribution is -2.66. The average molecular weight is 424 g/mol. The van der Waals surface area contributed by atoms with Gasteiger partial charge in [0.25, 0.3) is 11.8 Å². The Hall–Kier alpha value is -0.920. The van der Waals surface area contributed by atoms with Gasteiger partial charge >= 0.3 is 5.97 Å². The van der Waals surface area contributed by atoms with Crippen molar-refractivity contribution in [3.63, 3.8) is 0 Å². The Balaban J connectivity index is 1.38. The van der Waals surface area contributed by atoms with Gasteiger partial charge in [0.2, 0.25) is 5.67 Å². The first kappa shape index (κ1) is 21.3. The molecule has 0 aromatic heterocycles. The van der Waals surface area contributed by atoms with Gasteiger partial charge in [-0.3, -0.25) is 4.79 Å². The Morgan fingerprint density at radius 1 is 0.897 bits per heavy atom. The first-order chi connectivity index (χ1) is 13.5.